The van der Waals surface area contributed by atoms with Crippen LogP contribution < -0.4 is 11.1 Å². The normalized spacial score (nSPS) is 13.0. The molecular weight excluding hydrogens is 304 g/mol. The molecule has 5 heteroatoms. The van der Waals surface area contributed by atoms with Gasteiger partial charge in [-0.2, -0.15) is 0 Å². The highest BCUT2D eigenvalue weighted by Crippen LogP contribution is 2.17. The zero-order valence-electron chi connectivity index (χ0n) is 13.9. The van der Waals surface area contributed by atoms with Gasteiger partial charge in [-0.15, -0.1) is 0 Å². The summed E-state index contributed by atoms with van der Waals surface area (Å²) in [7, 11) is 0. The molecule has 2 aromatic carbocycles. The summed E-state index contributed by atoms with van der Waals surface area (Å²) in [4.78, 5) is 24.0. The summed E-state index contributed by atoms with van der Waals surface area (Å²) >= 11 is 0. The average molecular weight is 326 g/mol. The van der Waals surface area contributed by atoms with Crippen molar-refractivity contribution >= 4 is 11.9 Å². The molecule has 3 N–H and O–H groups in total. The van der Waals surface area contributed by atoms with Crippen LogP contribution in [-0.4, -0.2) is 18.5 Å². The Morgan fingerprint density at radius 2 is 1.71 bits per heavy atom. The van der Waals surface area contributed by atoms with E-state index in [2.05, 4.69) is 5.32 Å². The molecule has 0 aliphatic rings. The molecule has 0 aromatic heterocycles. The number of ether oxygens (including phenoxy) is 1. The summed E-state index contributed by atoms with van der Waals surface area (Å²) in [5.74, 6) is -0.616. The highest BCUT2D eigenvalue weighted by atomic mass is 16.5. The molecule has 24 heavy (non-hydrogen) atoms. The molecule has 0 aliphatic heterocycles. The predicted octanol–water partition coefficient (Wildman–Crippen LogP) is 2.35. The summed E-state index contributed by atoms with van der Waals surface area (Å²) in [6, 6.07) is 16.1. The van der Waals surface area contributed by atoms with E-state index >= 15 is 0 Å². The van der Waals surface area contributed by atoms with E-state index in [1.165, 1.54) is 0 Å². The summed E-state index contributed by atoms with van der Waals surface area (Å²) < 4.78 is 4.93. The topological polar surface area (TPSA) is 81.4 Å². The summed E-state index contributed by atoms with van der Waals surface area (Å²) in [5.41, 5.74) is 7.18. The van der Waals surface area contributed by atoms with Gasteiger partial charge in [0, 0.05) is 6.54 Å². The Morgan fingerprint density at radius 1 is 1.08 bits per heavy atom. The second-order valence-electron chi connectivity index (χ2n) is 5.67. The Kier molecular flexibility index (Phi) is 5.71. The molecule has 2 rings (SSSR count). The van der Waals surface area contributed by atoms with Crippen molar-refractivity contribution < 1.29 is 14.3 Å². The lowest BCUT2D eigenvalue weighted by atomic mass is 9.92. The van der Waals surface area contributed by atoms with Gasteiger partial charge in [0.2, 0.25) is 5.91 Å². The van der Waals surface area contributed by atoms with Gasteiger partial charge in [0.05, 0.1) is 12.2 Å². The minimum atomic E-state index is -1.11. The van der Waals surface area contributed by atoms with Crippen LogP contribution in [0.2, 0.25) is 0 Å². The Hall–Kier alpha value is -2.66. The molecule has 5 nitrogen and oxygen atoms in total. The monoisotopic (exact) mass is 326 g/mol. The molecule has 0 radical (unpaired) electrons. The van der Waals surface area contributed by atoms with E-state index in [-0.39, 0.29) is 11.9 Å². The molecule has 0 fully saturated rings. The average Bonchev–Trinajstić information content (AvgIpc) is 2.61. The maximum Gasteiger partial charge on any atom is 0.338 e. The van der Waals surface area contributed by atoms with Gasteiger partial charge in [-0.05, 0) is 37.1 Å². The highest BCUT2D eigenvalue weighted by molar-refractivity contribution is 5.89. The number of nitrogens with one attached hydrogen (secondary N) is 1. The van der Waals surface area contributed by atoms with Crippen molar-refractivity contribution in [2.75, 3.05) is 6.61 Å². The fourth-order valence-corrected chi connectivity index (χ4v) is 2.25. The van der Waals surface area contributed by atoms with Gasteiger partial charge in [0.25, 0.3) is 0 Å². The van der Waals surface area contributed by atoms with Crippen LogP contribution in [0.3, 0.4) is 0 Å². The molecule has 1 unspecified atom stereocenters. The van der Waals surface area contributed by atoms with Crippen LogP contribution in [-0.2, 0) is 21.6 Å². The van der Waals surface area contributed by atoms with E-state index in [9.17, 15) is 9.59 Å². The lowest BCUT2D eigenvalue weighted by Crippen LogP contribution is -2.48. The lowest BCUT2D eigenvalue weighted by Gasteiger charge is -2.24. The van der Waals surface area contributed by atoms with Crippen molar-refractivity contribution in [1.82, 2.24) is 5.32 Å². The van der Waals surface area contributed by atoms with Gasteiger partial charge in [-0.1, -0.05) is 42.5 Å². The van der Waals surface area contributed by atoms with E-state index in [0.29, 0.717) is 18.7 Å². The van der Waals surface area contributed by atoms with Crippen molar-refractivity contribution in [3.8, 4) is 0 Å². The third-order valence-corrected chi connectivity index (χ3v) is 3.76. The first-order chi connectivity index (χ1) is 11.4. The van der Waals surface area contributed by atoms with Crippen molar-refractivity contribution in [3.63, 3.8) is 0 Å². The maximum atomic E-state index is 12.4. The zero-order chi connectivity index (χ0) is 17.6. The minimum Gasteiger partial charge on any atom is -0.462 e. The SMILES string of the molecule is CCOC(=O)c1ccc(CNC(=O)C(C)(N)c2ccccc2)cc1. The quantitative estimate of drug-likeness (QED) is 0.799. The highest BCUT2D eigenvalue weighted by Gasteiger charge is 2.29. The van der Waals surface area contributed by atoms with Crippen molar-refractivity contribution in [2.24, 2.45) is 5.73 Å². The Balaban J connectivity index is 1.98. The summed E-state index contributed by atoms with van der Waals surface area (Å²) in [6.45, 7) is 4.12. The lowest BCUT2D eigenvalue weighted by molar-refractivity contribution is -0.126. The van der Waals surface area contributed by atoms with E-state index < -0.39 is 5.54 Å². The number of benzene rings is 2. The summed E-state index contributed by atoms with van der Waals surface area (Å²) in [5, 5.41) is 2.83. The molecule has 0 saturated carbocycles. The molecule has 0 spiro atoms. The largest absolute Gasteiger partial charge is 0.462 e. The molecule has 0 heterocycles. The first-order valence-corrected chi connectivity index (χ1v) is 7.84. The third kappa shape index (κ3) is 4.20. The Morgan fingerprint density at radius 3 is 2.29 bits per heavy atom. The molecule has 0 saturated heterocycles. The van der Waals surface area contributed by atoms with Crippen molar-refractivity contribution in [3.05, 3.63) is 71.3 Å². The fraction of sp³-hybridized carbons (Fsp3) is 0.263. The standard InChI is InChI=1S/C19H22N2O3/c1-3-24-17(22)15-11-9-14(10-12-15)13-21-18(23)19(2,20)16-7-5-4-6-8-16/h4-12H,3,13,20H2,1-2H3,(H,21,23). The van der Waals surface area contributed by atoms with Gasteiger partial charge in [-0.25, -0.2) is 4.79 Å². The molecular formula is C19H22N2O3. The van der Waals surface area contributed by atoms with Crippen molar-refractivity contribution in [1.29, 1.82) is 0 Å². The van der Waals surface area contributed by atoms with Gasteiger partial charge in [0.15, 0.2) is 0 Å². The molecule has 1 atom stereocenters. The number of carbonyl (C=O) groups is 2. The number of hydrogen-bond acceptors (Lipinski definition) is 4. The number of esters is 1. The first-order valence-electron chi connectivity index (χ1n) is 7.84. The van der Waals surface area contributed by atoms with Crippen LogP contribution in [0.1, 0.15) is 35.3 Å². The number of rotatable bonds is 6. The number of carbonyl (C=O) groups excluding carboxylic acids is 2. The molecule has 0 bridgehead atoms. The molecule has 1 amide bonds. The van der Waals surface area contributed by atoms with Crippen LogP contribution in [0.15, 0.2) is 54.6 Å². The van der Waals surface area contributed by atoms with Gasteiger partial charge < -0.3 is 15.8 Å². The number of hydrogen-bond donors (Lipinski definition) is 2. The Labute approximate surface area is 141 Å². The number of amides is 1. The van der Waals surface area contributed by atoms with Gasteiger partial charge in [-0.3, -0.25) is 4.79 Å². The van der Waals surface area contributed by atoms with Crippen LogP contribution in [0.4, 0.5) is 0 Å². The first kappa shape index (κ1) is 17.7. The zero-order valence-corrected chi connectivity index (χ0v) is 13.9. The number of nitrogens with two attached hydrogens (primary N) is 1. The summed E-state index contributed by atoms with van der Waals surface area (Å²) in [6.07, 6.45) is 0. The second kappa shape index (κ2) is 7.75. The fourth-order valence-electron chi connectivity index (χ4n) is 2.25. The van der Waals surface area contributed by atoms with Crippen LogP contribution in [0.25, 0.3) is 0 Å². The van der Waals surface area contributed by atoms with Crippen LogP contribution in [0, 0.1) is 0 Å². The van der Waals surface area contributed by atoms with Crippen molar-refractivity contribution in [2.45, 2.75) is 25.9 Å². The molecule has 2 aromatic rings. The Bertz CT molecular complexity index is 694. The third-order valence-electron chi connectivity index (χ3n) is 3.76. The van der Waals surface area contributed by atoms with Gasteiger partial charge in [0.1, 0.15) is 5.54 Å². The van der Waals surface area contributed by atoms with E-state index in [4.69, 9.17) is 10.5 Å². The molecule has 126 valence electrons. The van der Waals surface area contributed by atoms with Gasteiger partial charge >= 0.3 is 5.97 Å². The smallest absolute Gasteiger partial charge is 0.338 e. The van der Waals surface area contributed by atoms with E-state index in [1.807, 2.05) is 30.3 Å². The second-order valence-corrected chi connectivity index (χ2v) is 5.67. The predicted molar refractivity (Wildman–Crippen MR) is 92.2 cm³/mol. The van der Waals surface area contributed by atoms with Crippen LogP contribution in [0.5, 0.6) is 0 Å². The molecule has 0 aliphatic carbocycles. The van der Waals surface area contributed by atoms with Crippen LogP contribution >= 0.6 is 0 Å². The van der Waals surface area contributed by atoms with E-state index in [0.717, 1.165) is 11.1 Å². The van der Waals surface area contributed by atoms with E-state index in [1.54, 1.807) is 38.1 Å². The minimum absolute atomic E-state index is 0.261. The maximum absolute atomic E-state index is 12.4.